The van der Waals surface area contributed by atoms with E-state index in [-0.39, 0.29) is 6.03 Å². The Balaban J connectivity index is 1.84. The lowest BCUT2D eigenvalue weighted by molar-refractivity contribution is 0.119. The zero-order valence-corrected chi connectivity index (χ0v) is 11.8. The maximum atomic E-state index is 12.4. The lowest BCUT2D eigenvalue weighted by atomic mass is 9.99. The van der Waals surface area contributed by atoms with Gasteiger partial charge in [-0.3, -0.25) is 0 Å². The van der Waals surface area contributed by atoms with Crippen molar-refractivity contribution in [1.29, 1.82) is 0 Å². The summed E-state index contributed by atoms with van der Waals surface area (Å²) in [5.74, 6) is 0.782. The molecule has 4 nitrogen and oxygen atoms in total. The monoisotopic (exact) mass is 253 g/mol. The maximum absolute atomic E-state index is 12.4. The summed E-state index contributed by atoms with van der Waals surface area (Å²) in [5.41, 5.74) is 0. The minimum Gasteiger partial charge on any atom is -0.325 e. The van der Waals surface area contributed by atoms with E-state index in [0.29, 0.717) is 6.04 Å². The van der Waals surface area contributed by atoms with E-state index in [4.69, 9.17) is 0 Å². The van der Waals surface area contributed by atoms with Gasteiger partial charge in [-0.2, -0.15) is 0 Å². The highest BCUT2D eigenvalue weighted by molar-refractivity contribution is 5.74. The van der Waals surface area contributed by atoms with Gasteiger partial charge in [-0.15, -0.1) is 0 Å². The molecule has 0 radical (unpaired) electrons. The summed E-state index contributed by atoms with van der Waals surface area (Å²) in [7, 11) is 0. The van der Waals surface area contributed by atoms with E-state index in [2.05, 4.69) is 19.2 Å². The van der Waals surface area contributed by atoms with Crippen molar-refractivity contribution in [2.75, 3.05) is 32.7 Å². The van der Waals surface area contributed by atoms with E-state index in [1.54, 1.807) is 0 Å². The third-order valence-electron chi connectivity index (χ3n) is 4.24. The molecule has 104 valence electrons. The van der Waals surface area contributed by atoms with Crippen LogP contribution < -0.4 is 5.32 Å². The fraction of sp³-hybridized carbons (Fsp3) is 0.929. The Morgan fingerprint density at radius 3 is 2.56 bits per heavy atom. The molecule has 18 heavy (non-hydrogen) atoms. The third kappa shape index (κ3) is 3.37. The standard InChI is InChI=1S/C14H27N3O/c1-3-15-13-5-4-8-17(11-13)14(18)16-9-6-12(2)7-10-16/h12-13,15H,3-11H2,1-2H3. The van der Waals surface area contributed by atoms with Gasteiger partial charge < -0.3 is 15.1 Å². The molecule has 1 unspecified atom stereocenters. The van der Waals surface area contributed by atoms with Gasteiger partial charge in [0.2, 0.25) is 0 Å². The lowest BCUT2D eigenvalue weighted by Gasteiger charge is -2.38. The molecule has 0 saturated carbocycles. The second kappa shape index (κ2) is 6.41. The number of rotatable bonds is 2. The Bertz CT molecular complexity index is 272. The molecule has 2 rings (SSSR count). The Kier molecular flexibility index (Phi) is 4.87. The van der Waals surface area contributed by atoms with Crippen LogP contribution in [0.5, 0.6) is 0 Å². The predicted molar refractivity (Wildman–Crippen MR) is 73.6 cm³/mol. The van der Waals surface area contributed by atoms with Crippen molar-refractivity contribution in [3.63, 3.8) is 0 Å². The molecule has 0 aromatic rings. The second-order valence-electron chi connectivity index (χ2n) is 5.79. The Morgan fingerprint density at radius 2 is 1.89 bits per heavy atom. The number of hydrogen-bond donors (Lipinski definition) is 1. The molecule has 4 heteroatoms. The van der Waals surface area contributed by atoms with E-state index < -0.39 is 0 Å². The molecular weight excluding hydrogens is 226 g/mol. The van der Waals surface area contributed by atoms with Crippen LogP contribution in [0.2, 0.25) is 0 Å². The van der Waals surface area contributed by atoms with Crippen LogP contribution in [0, 0.1) is 5.92 Å². The Labute approximate surface area is 111 Å². The minimum absolute atomic E-state index is 0.268. The number of amides is 2. The van der Waals surface area contributed by atoms with Crippen LogP contribution in [0.3, 0.4) is 0 Å². The van der Waals surface area contributed by atoms with Gasteiger partial charge in [0, 0.05) is 32.2 Å². The molecule has 2 heterocycles. The third-order valence-corrected chi connectivity index (χ3v) is 4.24. The van der Waals surface area contributed by atoms with Gasteiger partial charge in [0.05, 0.1) is 0 Å². The van der Waals surface area contributed by atoms with Gasteiger partial charge >= 0.3 is 6.03 Å². The molecular formula is C14H27N3O. The highest BCUT2D eigenvalue weighted by Gasteiger charge is 2.28. The van der Waals surface area contributed by atoms with Crippen molar-refractivity contribution in [3.05, 3.63) is 0 Å². The number of urea groups is 1. The first kappa shape index (κ1) is 13.7. The van der Waals surface area contributed by atoms with E-state index in [0.717, 1.165) is 57.9 Å². The highest BCUT2D eigenvalue weighted by Crippen LogP contribution is 2.19. The van der Waals surface area contributed by atoms with Crippen LogP contribution >= 0.6 is 0 Å². The second-order valence-corrected chi connectivity index (χ2v) is 5.79. The summed E-state index contributed by atoms with van der Waals surface area (Å²) in [5, 5.41) is 3.47. The van der Waals surface area contributed by atoms with Crippen LogP contribution in [-0.2, 0) is 0 Å². The average Bonchev–Trinajstić information content (AvgIpc) is 2.39. The van der Waals surface area contributed by atoms with Crippen LogP contribution in [0.25, 0.3) is 0 Å². The van der Waals surface area contributed by atoms with Crippen LogP contribution in [0.15, 0.2) is 0 Å². The van der Waals surface area contributed by atoms with Gasteiger partial charge in [0.25, 0.3) is 0 Å². The minimum atomic E-state index is 0.268. The smallest absolute Gasteiger partial charge is 0.320 e. The van der Waals surface area contributed by atoms with Gasteiger partial charge in [0.1, 0.15) is 0 Å². The molecule has 0 spiro atoms. The molecule has 2 aliphatic heterocycles. The van der Waals surface area contributed by atoms with E-state index in [9.17, 15) is 4.79 Å². The topological polar surface area (TPSA) is 35.6 Å². The molecule has 2 fully saturated rings. The summed E-state index contributed by atoms with van der Waals surface area (Å²) in [4.78, 5) is 16.5. The quantitative estimate of drug-likeness (QED) is 0.816. The molecule has 1 N–H and O–H groups in total. The van der Waals surface area contributed by atoms with Crippen molar-refractivity contribution in [2.24, 2.45) is 5.92 Å². The largest absolute Gasteiger partial charge is 0.325 e. The number of likely N-dealkylation sites (tertiary alicyclic amines) is 2. The first-order chi connectivity index (χ1) is 8.70. The van der Waals surface area contributed by atoms with Crippen molar-refractivity contribution in [3.8, 4) is 0 Å². The number of piperidine rings is 2. The summed E-state index contributed by atoms with van der Waals surface area (Å²) in [6.45, 7) is 9.13. The molecule has 0 aromatic carbocycles. The fourth-order valence-electron chi connectivity index (χ4n) is 3.01. The Hall–Kier alpha value is -0.770. The molecule has 2 saturated heterocycles. The zero-order chi connectivity index (χ0) is 13.0. The SMILES string of the molecule is CCNC1CCCN(C(=O)N2CCC(C)CC2)C1. The van der Waals surface area contributed by atoms with E-state index in [1.165, 1.54) is 6.42 Å². The van der Waals surface area contributed by atoms with Gasteiger partial charge in [-0.05, 0) is 38.1 Å². The summed E-state index contributed by atoms with van der Waals surface area (Å²) >= 11 is 0. The molecule has 0 bridgehead atoms. The molecule has 2 aliphatic rings. The number of nitrogens with zero attached hydrogens (tertiary/aromatic N) is 2. The Morgan fingerprint density at radius 1 is 1.17 bits per heavy atom. The first-order valence-electron chi connectivity index (χ1n) is 7.48. The summed E-state index contributed by atoms with van der Waals surface area (Å²) < 4.78 is 0. The highest BCUT2D eigenvalue weighted by atomic mass is 16.2. The number of carbonyl (C=O) groups is 1. The van der Waals surface area contributed by atoms with Gasteiger partial charge in [-0.1, -0.05) is 13.8 Å². The number of carbonyl (C=O) groups excluding carboxylic acids is 1. The van der Waals surface area contributed by atoms with Crippen LogP contribution in [0.1, 0.15) is 39.5 Å². The van der Waals surface area contributed by atoms with Crippen molar-refractivity contribution in [1.82, 2.24) is 15.1 Å². The number of hydrogen-bond acceptors (Lipinski definition) is 2. The van der Waals surface area contributed by atoms with Crippen molar-refractivity contribution in [2.45, 2.75) is 45.6 Å². The number of nitrogens with one attached hydrogen (secondary N) is 1. The maximum Gasteiger partial charge on any atom is 0.320 e. The van der Waals surface area contributed by atoms with E-state index in [1.807, 2.05) is 9.80 Å². The average molecular weight is 253 g/mol. The molecule has 0 aliphatic carbocycles. The molecule has 1 atom stereocenters. The molecule has 2 amide bonds. The lowest BCUT2D eigenvalue weighted by Crippen LogP contribution is -2.53. The van der Waals surface area contributed by atoms with Gasteiger partial charge in [0.15, 0.2) is 0 Å². The molecule has 0 aromatic heterocycles. The van der Waals surface area contributed by atoms with Crippen molar-refractivity contribution < 1.29 is 4.79 Å². The summed E-state index contributed by atoms with van der Waals surface area (Å²) in [6.07, 6.45) is 4.66. The van der Waals surface area contributed by atoms with Gasteiger partial charge in [-0.25, -0.2) is 4.79 Å². The zero-order valence-electron chi connectivity index (χ0n) is 11.8. The fourth-order valence-corrected chi connectivity index (χ4v) is 3.01. The summed E-state index contributed by atoms with van der Waals surface area (Å²) in [6, 6.07) is 0.765. The van der Waals surface area contributed by atoms with E-state index >= 15 is 0 Å². The predicted octanol–water partition coefficient (Wildman–Crippen LogP) is 1.91. The first-order valence-corrected chi connectivity index (χ1v) is 7.48. The normalized spacial score (nSPS) is 26.4. The van der Waals surface area contributed by atoms with Crippen LogP contribution in [0.4, 0.5) is 4.79 Å². The van der Waals surface area contributed by atoms with Crippen molar-refractivity contribution >= 4 is 6.03 Å². The number of likely N-dealkylation sites (N-methyl/N-ethyl adjacent to an activating group) is 1. The van der Waals surface area contributed by atoms with Crippen LogP contribution in [-0.4, -0.2) is 54.6 Å².